The highest BCUT2D eigenvalue weighted by Crippen LogP contribution is 2.44. The first-order chi connectivity index (χ1) is 16.3. The minimum Gasteiger partial charge on any atom is -0.503 e. The van der Waals surface area contributed by atoms with Crippen molar-refractivity contribution in [1.29, 1.82) is 0 Å². The molecule has 1 amide bonds. The van der Waals surface area contributed by atoms with Gasteiger partial charge in [0, 0.05) is 6.54 Å². The van der Waals surface area contributed by atoms with Gasteiger partial charge >= 0.3 is 0 Å². The third-order valence-electron chi connectivity index (χ3n) is 6.18. The zero-order valence-electron chi connectivity index (χ0n) is 18.9. The molecule has 7 heteroatoms. The van der Waals surface area contributed by atoms with Crippen LogP contribution in [0.4, 0.5) is 0 Å². The smallest absolute Gasteiger partial charge is 0.291 e. The van der Waals surface area contributed by atoms with Crippen LogP contribution in [0.25, 0.3) is 11.0 Å². The predicted octanol–water partition coefficient (Wildman–Crippen LogP) is 5.63. The van der Waals surface area contributed by atoms with Crippen LogP contribution in [0.1, 0.15) is 44.4 Å². The Morgan fingerprint density at radius 3 is 2.44 bits per heavy atom. The first-order valence-corrected chi connectivity index (χ1v) is 11.6. The largest absolute Gasteiger partial charge is 0.503 e. The molecule has 1 aliphatic rings. The van der Waals surface area contributed by atoms with E-state index in [-0.39, 0.29) is 40.7 Å². The monoisotopic (exact) mass is 519 g/mol. The molecule has 2 heterocycles. The van der Waals surface area contributed by atoms with Gasteiger partial charge in [-0.15, -0.1) is 0 Å². The number of nitrogens with zero attached hydrogens (tertiary/aromatic N) is 1. The van der Waals surface area contributed by atoms with Crippen LogP contribution in [0.3, 0.4) is 0 Å². The third kappa shape index (κ3) is 3.56. The van der Waals surface area contributed by atoms with Gasteiger partial charge in [-0.1, -0.05) is 41.5 Å². The van der Waals surface area contributed by atoms with Gasteiger partial charge in [-0.3, -0.25) is 9.59 Å². The molecule has 0 fully saturated rings. The van der Waals surface area contributed by atoms with E-state index in [1.165, 1.54) is 7.11 Å². The number of rotatable bonds is 4. The molecule has 1 atom stereocenters. The Hall–Kier alpha value is -3.58. The van der Waals surface area contributed by atoms with E-state index in [1.807, 2.05) is 44.2 Å². The second kappa shape index (κ2) is 8.33. The summed E-state index contributed by atoms with van der Waals surface area (Å²) in [6.45, 7) is 4.18. The Kier molecular flexibility index (Phi) is 5.44. The summed E-state index contributed by atoms with van der Waals surface area (Å²) in [7, 11) is 1.45. The summed E-state index contributed by atoms with van der Waals surface area (Å²) in [6, 6.07) is 15.9. The summed E-state index contributed by atoms with van der Waals surface area (Å²) in [5, 5.41) is 10.8. The van der Waals surface area contributed by atoms with E-state index in [9.17, 15) is 14.7 Å². The number of phenols is 1. The van der Waals surface area contributed by atoms with Crippen molar-refractivity contribution in [2.75, 3.05) is 7.11 Å². The fourth-order valence-corrected chi connectivity index (χ4v) is 4.90. The Morgan fingerprint density at radius 1 is 1.03 bits per heavy atom. The quantitative estimate of drug-likeness (QED) is 0.377. The van der Waals surface area contributed by atoms with Crippen LogP contribution in [0.2, 0.25) is 0 Å². The van der Waals surface area contributed by atoms with E-state index in [4.69, 9.17) is 9.15 Å². The normalized spacial score (nSPS) is 15.1. The fraction of sp³-hybridized carbons (Fsp3) is 0.185. The van der Waals surface area contributed by atoms with Crippen LogP contribution in [-0.2, 0) is 6.54 Å². The summed E-state index contributed by atoms with van der Waals surface area (Å²) in [5.41, 5.74) is 4.01. The lowest BCUT2D eigenvalue weighted by Gasteiger charge is -2.26. The van der Waals surface area contributed by atoms with Crippen LogP contribution in [-0.4, -0.2) is 23.0 Å². The van der Waals surface area contributed by atoms with Crippen LogP contribution in [0, 0.1) is 13.8 Å². The maximum Gasteiger partial charge on any atom is 0.291 e. The summed E-state index contributed by atoms with van der Waals surface area (Å²) in [6.07, 6.45) is 0. The first-order valence-electron chi connectivity index (χ1n) is 10.8. The minimum atomic E-state index is -0.712. The molecule has 0 unspecified atom stereocenters. The molecule has 0 spiro atoms. The summed E-state index contributed by atoms with van der Waals surface area (Å²) in [5.74, 6) is -0.131. The highest BCUT2D eigenvalue weighted by molar-refractivity contribution is 9.10. The van der Waals surface area contributed by atoms with Crippen LogP contribution < -0.4 is 10.2 Å². The number of aromatic hydroxyl groups is 1. The number of aryl methyl sites for hydroxylation is 2. The second-order valence-electron chi connectivity index (χ2n) is 8.55. The van der Waals surface area contributed by atoms with E-state index in [1.54, 1.807) is 29.2 Å². The minimum absolute atomic E-state index is 0.0432. The lowest BCUT2D eigenvalue weighted by Crippen LogP contribution is -2.29. The molecule has 1 aliphatic heterocycles. The highest BCUT2D eigenvalue weighted by atomic mass is 79.9. The number of carbonyl (C=O) groups is 1. The van der Waals surface area contributed by atoms with Crippen LogP contribution in [0.5, 0.6) is 11.5 Å². The molecule has 1 aromatic heterocycles. The first kappa shape index (κ1) is 22.2. The van der Waals surface area contributed by atoms with Gasteiger partial charge in [-0.2, -0.15) is 0 Å². The molecule has 172 valence electrons. The van der Waals surface area contributed by atoms with E-state index >= 15 is 0 Å². The van der Waals surface area contributed by atoms with Crippen LogP contribution >= 0.6 is 15.9 Å². The molecule has 0 radical (unpaired) electrons. The van der Waals surface area contributed by atoms with E-state index in [0.717, 1.165) is 16.7 Å². The molecule has 6 nitrogen and oxygen atoms in total. The molecule has 4 aromatic rings. The van der Waals surface area contributed by atoms with E-state index in [0.29, 0.717) is 21.0 Å². The number of phenolic OH excluding ortho intramolecular Hbond substituents is 1. The maximum atomic E-state index is 13.7. The number of halogens is 1. The van der Waals surface area contributed by atoms with Crippen molar-refractivity contribution in [3.8, 4) is 11.5 Å². The van der Waals surface area contributed by atoms with Crippen LogP contribution in [0.15, 0.2) is 68.3 Å². The zero-order valence-corrected chi connectivity index (χ0v) is 20.5. The molecule has 3 aromatic carbocycles. The number of fused-ring (bicyclic) bond motifs is 2. The van der Waals surface area contributed by atoms with Crippen molar-refractivity contribution in [1.82, 2.24) is 4.90 Å². The lowest BCUT2D eigenvalue weighted by molar-refractivity contribution is 0.0714. The lowest BCUT2D eigenvalue weighted by atomic mass is 9.97. The van der Waals surface area contributed by atoms with Gasteiger partial charge in [-0.05, 0) is 65.2 Å². The number of carbonyl (C=O) groups excluding carboxylic acids is 1. The van der Waals surface area contributed by atoms with Crippen molar-refractivity contribution in [3.63, 3.8) is 0 Å². The number of methoxy groups -OCH3 is 1. The van der Waals surface area contributed by atoms with Crippen molar-refractivity contribution in [2.45, 2.75) is 26.4 Å². The number of amides is 1. The SMILES string of the molecule is COc1cc([C@@H]2c3c(oc4ccc(C)cc4c3=O)C(=O)N2Cc2ccc(C)cc2)cc(Br)c1O. The highest BCUT2D eigenvalue weighted by Gasteiger charge is 2.43. The van der Waals surface area contributed by atoms with Gasteiger partial charge in [0.25, 0.3) is 5.91 Å². The van der Waals surface area contributed by atoms with E-state index in [2.05, 4.69) is 15.9 Å². The molecule has 5 rings (SSSR count). The molecular formula is C27H22BrNO5. The Morgan fingerprint density at radius 2 is 1.74 bits per heavy atom. The summed E-state index contributed by atoms with van der Waals surface area (Å²) in [4.78, 5) is 29.0. The molecule has 0 bridgehead atoms. The molecular weight excluding hydrogens is 498 g/mol. The number of hydrogen-bond acceptors (Lipinski definition) is 5. The number of hydrogen-bond donors (Lipinski definition) is 1. The molecule has 0 saturated carbocycles. The molecule has 0 saturated heterocycles. The fourth-order valence-electron chi connectivity index (χ4n) is 4.44. The average Bonchev–Trinajstić information content (AvgIpc) is 3.09. The Balaban J connectivity index is 1.76. The molecule has 1 N–H and O–H groups in total. The Bertz CT molecular complexity index is 1510. The summed E-state index contributed by atoms with van der Waals surface area (Å²) >= 11 is 3.37. The van der Waals surface area contributed by atoms with Crippen molar-refractivity contribution in [3.05, 3.63) is 103 Å². The standard InChI is InChI=1S/C27H22BrNO5/c1-14-4-7-16(8-5-14)13-29-23(17-11-19(28)25(31)21(12-17)33-3)22-24(30)18-10-15(2)6-9-20(18)34-26(22)27(29)32/h4-12,23,31H,13H2,1-3H3/t23-/m1/s1. The van der Waals surface area contributed by atoms with Crippen molar-refractivity contribution in [2.24, 2.45) is 0 Å². The van der Waals surface area contributed by atoms with Gasteiger partial charge in [-0.25, -0.2) is 0 Å². The Labute approximate surface area is 204 Å². The topological polar surface area (TPSA) is 80.0 Å². The zero-order chi connectivity index (χ0) is 24.1. The van der Waals surface area contributed by atoms with Gasteiger partial charge in [0.05, 0.1) is 28.6 Å². The maximum absolute atomic E-state index is 13.7. The van der Waals surface area contributed by atoms with Gasteiger partial charge in [0.15, 0.2) is 16.9 Å². The van der Waals surface area contributed by atoms with Gasteiger partial charge in [0.1, 0.15) is 5.58 Å². The third-order valence-corrected chi connectivity index (χ3v) is 6.79. The predicted molar refractivity (Wildman–Crippen MR) is 132 cm³/mol. The van der Waals surface area contributed by atoms with E-state index < -0.39 is 6.04 Å². The van der Waals surface area contributed by atoms with Crippen molar-refractivity contribution >= 4 is 32.8 Å². The number of benzene rings is 3. The summed E-state index contributed by atoms with van der Waals surface area (Å²) < 4.78 is 11.8. The average molecular weight is 520 g/mol. The number of ether oxygens (including phenoxy) is 1. The van der Waals surface area contributed by atoms with Crippen molar-refractivity contribution < 1.29 is 19.1 Å². The van der Waals surface area contributed by atoms with Gasteiger partial charge < -0.3 is 19.2 Å². The molecule has 0 aliphatic carbocycles. The second-order valence-corrected chi connectivity index (χ2v) is 9.40. The van der Waals surface area contributed by atoms with Gasteiger partial charge in [0.2, 0.25) is 5.76 Å². The molecule has 34 heavy (non-hydrogen) atoms.